The van der Waals surface area contributed by atoms with Crippen LogP contribution in [0.25, 0.3) is 0 Å². The van der Waals surface area contributed by atoms with E-state index in [0.29, 0.717) is 42.8 Å². The number of rotatable bonds is 9. The number of sulfone groups is 1. The molecule has 1 unspecified atom stereocenters. The van der Waals surface area contributed by atoms with Gasteiger partial charge in [-0.2, -0.15) is 0 Å². The lowest BCUT2D eigenvalue weighted by Crippen LogP contribution is -2.63. The topological polar surface area (TPSA) is 135 Å². The minimum absolute atomic E-state index is 0.0498. The number of Topliss-reactive ketones (excluding diaryl/α,β-unsaturated/α-hetero) is 1. The quantitative estimate of drug-likeness (QED) is 0.384. The van der Waals surface area contributed by atoms with E-state index in [-0.39, 0.29) is 34.6 Å². The van der Waals surface area contributed by atoms with Crippen molar-refractivity contribution >= 4 is 33.1 Å². The average Bonchev–Trinajstić information content (AvgIpc) is 3.54. The van der Waals surface area contributed by atoms with E-state index in [2.05, 4.69) is 10.6 Å². The molecule has 42 heavy (non-hydrogen) atoms. The molecular formula is C31H35N3O7S. The van der Waals surface area contributed by atoms with E-state index in [9.17, 15) is 22.8 Å². The third-order valence-corrected chi connectivity index (χ3v) is 9.75. The molecule has 1 aliphatic heterocycles. The second-order valence-corrected chi connectivity index (χ2v) is 12.8. The van der Waals surface area contributed by atoms with Gasteiger partial charge in [0.25, 0.3) is 5.91 Å². The zero-order chi connectivity index (χ0) is 29.7. The molecule has 2 heterocycles. The maximum absolute atomic E-state index is 13.6. The molecule has 222 valence electrons. The van der Waals surface area contributed by atoms with Gasteiger partial charge in [-0.25, -0.2) is 8.42 Å². The normalized spacial score (nSPS) is 18.7. The number of anilines is 1. The van der Waals surface area contributed by atoms with Gasteiger partial charge in [-0.05, 0) is 61.2 Å². The van der Waals surface area contributed by atoms with Crippen LogP contribution in [0.3, 0.4) is 0 Å². The molecule has 1 aliphatic carbocycles. The van der Waals surface area contributed by atoms with Gasteiger partial charge in [-0.3, -0.25) is 14.4 Å². The summed E-state index contributed by atoms with van der Waals surface area (Å²) in [7, 11) is -2.18. The van der Waals surface area contributed by atoms with Gasteiger partial charge in [0.1, 0.15) is 11.3 Å². The summed E-state index contributed by atoms with van der Waals surface area (Å²) in [6.45, 7) is 0.323. The minimum atomic E-state index is -3.73. The number of nitrogens with zero attached hydrogens (tertiary/aromatic N) is 1. The van der Waals surface area contributed by atoms with Crippen LogP contribution in [-0.4, -0.2) is 57.8 Å². The van der Waals surface area contributed by atoms with Crippen LogP contribution in [0.1, 0.15) is 54.6 Å². The number of carbonyl (C=O) groups excluding carboxylic acids is 3. The van der Waals surface area contributed by atoms with Crippen molar-refractivity contribution in [2.75, 3.05) is 25.1 Å². The number of ether oxygens (including phenoxy) is 1. The summed E-state index contributed by atoms with van der Waals surface area (Å²) < 4.78 is 37.3. The highest BCUT2D eigenvalue weighted by Crippen LogP contribution is 2.32. The largest absolute Gasteiger partial charge is 0.497 e. The standard InChI is InChI=1S/C31H35N3O7S/c1-40-23-13-11-22(12-14-23)21-42(38,39)28-10-4-3-8-25(28)34-18-15-24(26(35)20-34)32-30(37)31(16-5-2-6-17-31)33-29(36)27-9-7-19-41-27/h3-4,7-14,19,24H,2,5-6,15-18,20-21H2,1H3,(H,32,37)(H,33,36). The SMILES string of the molecule is COc1ccc(CS(=O)(=O)c2ccccc2N2CCC(NC(=O)C3(NC(=O)c4ccco4)CCCCC3)C(=O)C2)cc1. The molecule has 10 nitrogen and oxygen atoms in total. The van der Waals surface area contributed by atoms with Gasteiger partial charge in [0.2, 0.25) is 5.91 Å². The van der Waals surface area contributed by atoms with Gasteiger partial charge in [-0.1, -0.05) is 43.5 Å². The molecule has 2 fully saturated rings. The Morgan fingerprint density at radius 1 is 1.02 bits per heavy atom. The van der Waals surface area contributed by atoms with Gasteiger partial charge in [-0.15, -0.1) is 0 Å². The van der Waals surface area contributed by atoms with Crippen molar-refractivity contribution in [3.8, 4) is 5.75 Å². The van der Waals surface area contributed by atoms with Crippen LogP contribution < -0.4 is 20.3 Å². The minimum Gasteiger partial charge on any atom is -0.497 e. The predicted octanol–water partition coefficient (Wildman–Crippen LogP) is 3.66. The average molecular weight is 594 g/mol. The third kappa shape index (κ3) is 6.35. The Bertz CT molecular complexity index is 1530. The zero-order valence-electron chi connectivity index (χ0n) is 23.5. The highest BCUT2D eigenvalue weighted by molar-refractivity contribution is 7.90. The van der Waals surface area contributed by atoms with Gasteiger partial charge in [0.15, 0.2) is 21.4 Å². The number of para-hydroxylation sites is 1. The number of furan rings is 1. The molecular weight excluding hydrogens is 558 g/mol. The van der Waals surface area contributed by atoms with E-state index >= 15 is 0 Å². The number of methoxy groups -OCH3 is 1. The van der Waals surface area contributed by atoms with E-state index in [1.165, 1.54) is 12.3 Å². The monoisotopic (exact) mass is 593 g/mol. The van der Waals surface area contributed by atoms with Crippen molar-refractivity contribution in [3.63, 3.8) is 0 Å². The van der Waals surface area contributed by atoms with Crippen LogP contribution in [0.4, 0.5) is 5.69 Å². The van der Waals surface area contributed by atoms with Crippen molar-refractivity contribution in [2.45, 2.75) is 60.8 Å². The first kappa shape index (κ1) is 29.4. The van der Waals surface area contributed by atoms with Gasteiger partial charge >= 0.3 is 0 Å². The summed E-state index contributed by atoms with van der Waals surface area (Å²) >= 11 is 0. The number of carbonyl (C=O) groups is 3. The number of hydrogen-bond acceptors (Lipinski definition) is 8. The molecule has 2 aliphatic rings. The Morgan fingerprint density at radius 2 is 1.76 bits per heavy atom. The van der Waals surface area contributed by atoms with E-state index in [4.69, 9.17) is 9.15 Å². The van der Waals surface area contributed by atoms with Crippen LogP contribution in [0.15, 0.2) is 76.2 Å². The molecule has 1 aromatic heterocycles. The summed E-state index contributed by atoms with van der Waals surface area (Å²) in [4.78, 5) is 41.6. The van der Waals surface area contributed by atoms with Crippen molar-refractivity contribution < 1.29 is 32.0 Å². The predicted molar refractivity (Wildman–Crippen MR) is 156 cm³/mol. The fourth-order valence-electron chi connectivity index (χ4n) is 5.73. The first-order valence-electron chi connectivity index (χ1n) is 14.1. The van der Waals surface area contributed by atoms with E-state index in [1.807, 2.05) is 0 Å². The second-order valence-electron chi connectivity index (χ2n) is 10.9. The fourth-order valence-corrected chi connectivity index (χ4v) is 7.32. The summed E-state index contributed by atoms with van der Waals surface area (Å²) in [5.41, 5.74) is -0.0423. The van der Waals surface area contributed by atoms with Crippen molar-refractivity contribution in [2.24, 2.45) is 0 Å². The molecule has 1 saturated carbocycles. The van der Waals surface area contributed by atoms with Gasteiger partial charge in [0, 0.05) is 6.54 Å². The van der Waals surface area contributed by atoms with E-state index in [1.54, 1.807) is 66.6 Å². The Labute approximate surface area is 245 Å². The lowest BCUT2D eigenvalue weighted by Gasteiger charge is -2.39. The van der Waals surface area contributed by atoms with Crippen LogP contribution >= 0.6 is 0 Å². The summed E-state index contributed by atoms with van der Waals surface area (Å²) in [6.07, 6.45) is 5.16. The van der Waals surface area contributed by atoms with E-state index in [0.717, 1.165) is 19.3 Å². The lowest BCUT2D eigenvalue weighted by molar-refractivity contribution is -0.133. The molecule has 2 N–H and O–H groups in total. The summed E-state index contributed by atoms with van der Waals surface area (Å²) in [5.74, 6) is -0.500. The number of piperidine rings is 1. The summed E-state index contributed by atoms with van der Waals surface area (Å²) in [5, 5.41) is 5.78. The molecule has 2 amide bonds. The molecule has 0 radical (unpaired) electrons. The Morgan fingerprint density at radius 3 is 2.43 bits per heavy atom. The fraction of sp³-hybridized carbons (Fsp3) is 0.387. The van der Waals surface area contributed by atoms with E-state index < -0.39 is 27.3 Å². The van der Waals surface area contributed by atoms with Crippen LogP contribution in [0.5, 0.6) is 5.75 Å². The van der Waals surface area contributed by atoms with Crippen molar-refractivity contribution in [1.82, 2.24) is 10.6 Å². The number of amides is 2. The molecule has 3 aromatic rings. The van der Waals surface area contributed by atoms with Crippen molar-refractivity contribution in [3.05, 3.63) is 78.3 Å². The number of hydrogen-bond donors (Lipinski definition) is 2. The molecule has 0 bridgehead atoms. The second kappa shape index (κ2) is 12.4. The smallest absolute Gasteiger partial charge is 0.287 e. The maximum atomic E-state index is 13.6. The Balaban J connectivity index is 1.27. The molecule has 5 rings (SSSR count). The van der Waals surface area contributed by atoms with Crippen LogP contribution in [-0.2, 0) is 25.2 Å². The van der Waals surface area contributed by atoms with Gasteiger partial charge in [0.05, 0.1) is 42.3 Å². The number of nitrogens with one attached hydrogen (secondary N) is 2. The third-order valence-electron chi connectivity index (χ3n) is 8.02. The molecule has 11 heteroatoms. The molecule has 0 spiro atoms. The maximum Gasteiger partial charge on any atom is 0.287 e. The highest BCUT2D eigenvalue weighted by Gasteiger charge is 2.43. The van der Waals surface area contributed by atoms with Crippen molar-refractivity contribution in [1.29, 1.82) is 0 Å². The first-order valence-corrected chi connectivity index (χ1v) is 15.8. The number of benzene rings is 2. The Hall–Kier alpha value is -4.12. The summed E-state index contributed by atoms with van der Waals surface area (Å²) in [6, 6.07) is 15.9. The zero-order valence-corrected chi connectivity index (χ0v) is 24.3. The molecule has 2 aromatic carbocycles. The lowest BCUT2D eigenvalue weighted by atomic mass is 9.80. The van der Waals surface area contributed by atoms with Crippen LogP contribution in [0.2, 0.25) is 0 Å². The first-order chi connectivity index (χ1) is 20.2. The molecule has 1 saturated heterocycles. The Kier molecular flexibility index (Phi) is 8.67. The van der Waals surface area contributed by atoms with Gasteiger partial charge < -0.3 is 24.7 Å². The number of ketones is 1. The van der Waals surface area contributed by atoms with Crippen LogP contribution in [0, 0.1) is 0 Å². The highest BCUT2D eigenvalue weighted by atomic mass is 32.2. The molecule has 1 atom stereocenters.